The van der Waals surface area contributed by atoms with Crippen LogP contribution < -0.4 is 10.6 Å². The Hall–Kier alpha value is -1.84. The third kappa shape index (κ3) is 2.53. The van der Waals surface area contributed by atoms with Gasteiger partial charge in [0.25, 0.3) is 0 Å². The number of unbranched alkanes of at least 4 members (excludes halogenated alkanes) is 1. The van der Waals surface area contributed by atoms with Crippen molar-refractivity contribution in [3.8, 4) is 0 Å². The Balaban J connectivity index is 2.44. The Morgan fingerprint density at radius 3 is 2.78 bits per heavy atom. The normalized spacial score (nSPS) is 10.8. The molecule has 0 saturated heterocycles. The van der Waals surface area contributed by atoms with Crippen molar-refractivity contribution in [2.24, 2.45) is 0 Å². The summed E-state index contributed by atoms with van der Waals surface area (Å²) in [5.41, 5.74) is 7.56. The second-order valence-electron chi connectivity index (χ2n) is 4.41. The zero-order valence-corrected chi connectivity index (χ0v) is 11.1. The van der Waals surface area contributed by atoms with Crippen LogP contribution in [0.25, 0.3) is 10.9 Å². The number of nitrogen functional groups attached to an aromatic ring is 1. The third-order valence-corrected chi connectivity index (χ3v) is 3.10. The Bertz CT molecular complexity index is 524. The zero-order chi connectivity index (χ0) is 13.0. The van der Waals surface area contributed by atoms with E-state index in [0.717, 1.165) is 35.5 Å². The molecule has 0 aliphatic heterocycles. The third-order valence-electron chi connectivity index (χ3n) is 3.10. The SMILES string of the molecule is CCCCN(CC)c1ncnc2ccc(N)cc12. The van der Waals surface area contributed by atoms with Crippen LogP contribution in [-0.4, -0.2) is 23.1 Å². The van der Waals surface area contributed by atoms with Crippen LogP contribution in [0.5, 0.6) is 0 Å². The molecule has 0 atom stereocenters. The van der Waals surface area contributed by atoms with Crippen molar-refractivity contribution < 1.29 is 0 Å². The first-order chi connectivity index (χ1) is 8.76. The van der Waals surface area contributed by atoms with Gasteiger partial charge in [-0.25, -0.2) is 9.97 Å². The van der Waals surface area contributed by atoms with Crippen LogP contribution in [0.4, 0.5) is 11.5 Å². The van der Waals surface area contributed by atoms with Crippen molar-refractivity contribution in [2.75, 3.05) is 23.7 Å². The molecule has 18 heavy (non-hydrogen) atoms. The van der Waals surface area contributed by atoms with Crippen LogP contribution in [0.1, 0.15) is 26.7 Å². The summed E-state index contributed by atoms with van der Waals surface area (Å²) in [6.45, 7) is 6.31. The smallest absolute Gasteiger partial charge is 0.139 e. The van der Waals surface area contributed by atoms with Crippen molar-refractivity contribution >= 4 is 22.4 Å². The summed E-state index contributed by atoms with van der Waals surface area (Å²) in [6.07, 6.45) is 3.98. The molecule has 1 aromatic carbocycles. The van der Waals surface area contributed by atoms with Crippen molar-refractivity contribution in [3.05, 3.63) is 24.5 Å². The largest absolute Gasteiger partial charge is 0.399 e. The van der Waals surface area contributed by atoms with Gasteiger partial charge < -0.3 is 10.6 Å². The predicted molar refractivity (Wildman–Crippen MR) is 76.7 cm³/mol. The highest BCUT2D eigenvalue weighted by molar-refractivity contribution is 5.91. The fourth-order valence-corrected chi connectivity index (χ4v) is 2.08. The lowest BCUT2D eigenvalue weighted by Crippen LogP contribution is -2.25. The summed E-state index contributed by atoms with van der Waals surface area (Å²) in [5, 5.41) is 1.04. The van der Waals surface area contributed by atoms with Gasteiger partial charge in [-0.05, 0) is 31.5 Å². The van der Waals surface area contributed by atoms with Gasteiger partial charge in [0.1, 0.15) is 12.1 Å². The fourth-order valence-electron chi connectivity index (χ4n) is 2.08. The number of fused-ring (bicyclic) bond motifs is 1. The highest BCUT2D eigenvalue weighted by Gasteiger charge is 2.10. The molecule has 0 aliphatic rings. The predicted octanol–water partition coefficient (Wildman–Crippen LogP) is 2.84. The van der Waals surface area contributed by atoms with E-state index in [9.17, 15) is 0 Å². The number of aromatic nitrogens is 2. The van der Waals surface area contributed by atoms with Gasteiger partial charge in [-0.15, -0.1) is 0 Å². The fraction of sp³-hybridized carbons (Fsp3) is 0.429. The van der Waals surface area contributed by atoms with Gasteiger partial charge in [0.15, 0.2) is 0 Å². The molecule has 0 bridgehead atoms. The molecule has 0 amide bonds. The monoisotopic (exact) mass is 244 g/mol. The maximum absolute atomic E-state index is 5.86. The molecule has 4 heteroatoms. The summed E-state index contributed by atoms with van der Waals surface area (Å²) >= 11 is 0. The second kappa shape index (κ2) is 5.67. The van der Waals surface area contributed by atoms with Gasteiger partial charge in [0.2, 0.25) is 0 Å². The van der Waals surface area contributed by atoms with E-state index in [1.165, 1.54) is 12.8 Å². The Kier molecular flexibility index (Phi) is 3.97. The van der Waals surface area contributed by atoms with Gasteiger partial charge >= 0.3 is 0 Å². The maximum atomic E-state index is 5.86. The Morgan fingerprint density at radius 2 is 2.06 bits per heavy atom. The molecular formula is C14H20N4. The number of anilines is 2. The average molecular weight is 244 g/mol. The minimum atomic E-state index is 0.755. The molecule has 0 saturated carbocycles. The number of nitrogens with zero attached hydrogens (tertiary/aromatic N) is 3. The number of hydrogen-bond donors (Lipinski definition) is 1. The first kappa shape index (κ1) is 12.6. The van der Waals surface area contributed by atoms with Crippen molar-refractivity contribution in [1.82, 2.24) is 9.97 Å². The summed E-state index contributed by atoms with van der Waals surface area (Å²) in [6, 6.07) is 5.78. The van der Waals surface area contributed by atoms with Crippen LogP contribution in [0, 0.1) is 0 Å². The van der Waals surface area contributed by atoms with Crippen LogP contribution >= 0.6 is 0 Å². The number of nitrogens with two attached hydrogens (primary N) is 1. The van der Waals surface area contributed by atoms with E-state index in [0.29, 0.717) is 0 Å². The standard InChI is InChI=1S/C14H20N4/c1-3-5-8-18(4-2)14-12-9-11(15)6-7-13(12)16-10-17-14/h6-7,9-10H,3-5,8,15H2,1-2H3. The lowest BCUT2D eigenvalue weighted by atomic mass is 10.2. The molecule has 96 valence electrons. The van der Waals surface area contributed by atoms with Crippen molar-refractivity contribution in [1.29, 1.82) is 0 Å². The summed E-state index contributed by atoms with van der Waals surface area (Å²) in [4.78, 5) is 11.0. The number of benzene rings is 1. The van der Waals surface area contributed by atoms with Gasteiger partial charge in [0, 0.05) is 24.2 Å². The molecule has 0 spiro atoms. The first-order valence-electron chi connectivity index (χ1n) is 6.51. The second-order valence-corrected chi connectivity index (χ2v) is 4.41. The summed E-state index contributed by atoms with van der Waals surface area (Å²) < 4.78 is 0. The molecule has 2 N–H and O–H groups in total. The molecule has 0 unspecified atom stereocenters. The van der Waals surface area contributed by atoms with E-state index >= 15 is 0 Å². The molecule has 1 aromatic heterocycles. The van der Waals surface area contributed by atoms with E-state index in [1.54, 1.807) is 6.33 Å². The molecule has 2 rings (SSSR count). The molecule has 0 fully saturated rings. The molecule has 0 radical (unpaired) electrons. The van der Waals surface area contributed by atoms with E-state index < -0.39 is 0 Å². The van der Waals surface area contributed by atoms with Gasteiger partial charge in [0.05, 0.1) is 5.52 Å². The van der Waals surface area contributed by atoms with E-state index in [2.05, 4.69) is 28.7 Å². The average Bonchev–Trinajstić information content (AvgIpc) is 2.40. The lowest BCUT2D eigenvalue weighted by Gasteiger charge is -2.22. The van der Waals surface area contributed by atoms with Crippen LogP contribution in [0.2, 0.25) is 0 Å². The van der Waals surface area contributed by atoms with Crippen LogP contribution in [-0.2, 0) is 0 Å². The molecule has 0 aliphatic carbocycles. The van der Waals surface area contributed by atoms with Crippen molar-refractivity contribution in [2.45, 2.75) is 26.7 Å². The highest BCUT2D eigenvalue weighted by atomic mass is 15.2. The Morgan fingerprint density at radius 1 is 1.22 bits per heavy atom. The summed E-state index contributed by atoms with van der Waals surface area (Å²) in [7, 11) is 0. The first-order valence-corrected chi connectivity index (χ1v) is 6.51. The number of rotatable bonds is 5. The van der Waals surface area contributed by atoms with Gasteiger partial charge in [-0.2, -0.15) is 0 Å². The van der Waals surface area contributed by atoms with Crippen LogP contribution in [0.3, 0.4) is 0 Å². The minimum Gasteiger partial charge on any atom is -0.399 e. The van der Waals surface area contributed by atoms with E-state index in [1.807, 2.05) is 18.2 Å². The van der Waals surface area contributed by atoms with Gasteiger partial charge in [-0.3, -0.25) is 0 Å². The number of hydrogen-bond acceptors (Lipinski definition) is 4. The molecule has 1 heterocycles. The highest BCUT2D eigenvalue weighted by Crippen LogP contribution is 2.24. The van der Waals surface area contributed by atoms with E-state index in [4.69, 9.17) is 5.73 Å². The topological polar surface area (TPSA) is 55.0 Å². The molecular weight excluding hydrogens is 224 g/mol. The molecule has 4 nitrogen and oxygen atoms in total. The minimum absolute atomic E-state index is 0.755. The molecule has 2 aromatic rings. The summed E-state index contributed by atoms with van der Waals surface area (Å²) in [5.74, 6) is 0.989. The lowest BCUT2D eigenvalue weighted by molar-refractivity contribution is 0.726. The van der Waals surface area contributed by atoms with Crippen LogP contribution in [0.15, 0.2) is 24.5 Å². The van der Waals surface area contributed by atoms with Gasteiger partial charge in [-0.1, -0.05) is 13.3 Å². The zero-order valence-electron chi connectivity index (χ0n) is 11.1. The Labute approximate surface area is 108 Å². The van der Waals surface area contributed by atoms with E-state index in [-0.39, 0.29) is 0 Å². The quantitative estimate of drug-likeness (QED) is 0.822. The maximum Gasteiger partial charge on any atom is 0.139 e. The van der Waals surface area contributed by atoms with Crippen molar-refractivity contribution in [3.63, 3.8) is 0 Å².